The van der Waals surface area contributed by atoms with Crippen LogP contribution in [0.15, 0.2) is 42.5 Å². The highest BCUT2D eigenvalue weighted by atomic mass is 35.5. The van der Waals surface area contributed by atoms with Crippen LogP contribution in [0, 0.1) is 0 Å². The van der Waals surface area contributed by atoms with Crippen molar-refractivity contribution in [3.63, 3.8) is 0 Å². The fraction of sp³-hybridized carbons (Fsp3) is 0.333. The molecule has 0 heterocycles. The number of hydrogen-bond donors (Lipinski definition) is 1. The van der Waals surface area contributed by atoms with Crippen molar-refractivity contribution < 1.29 is 4.74 Å². The van der Waals surface area contributed by atoms with Gasteiger partial charge in [-0.3, -0.25) is 0 Å². The largest absolute Gasteiger partial charge is 0.493 e. The van der Waals surface area contributed by atoms with Gasteiger partial charge in [0.1, 0.15) is 5.75 Å². The summed E-state index contributed by atoms with van der Waals surface area (Å²) in [5.41, 5.74) is 3.27. The van der Waals surface area contributed by atoms with Gasteiger partial charge in [0.15, 0.2) is 0 Å². The molecule has 1 N–H and O–H groups in total. The van der Waals surface area contributed by atoms with Crippen LogP contribution in [0.1, 0.15) is 31.9 Å². The van der Waals surface area contributed by atoms with E-state index >= 15 is 0 Å². The van der Waals surface area contributed by atoms with E-state index in [9.17, 15) is 0 Å². The highest BCUT2D eigenvalue weighted by Crippen LogP contribution is 2.34. The lowest BCUT2D eigenvalue weighted by Crippen LogP contribution is -2.12. The Hall–Kier alpha value is -1.51. The zero-order valence-corrected chi connectivity index (χ0v) is 13.6. The molecule has 0 aliphatic heterocycles. The average molecular weight is 304 g/mol. The third kappa shape index (κ3) is 3.78. The van der Waals surface area contributed by atoms with Gasteiger partial charge in [0.05, 0.1) is 6.61 Å². The fourth-order valence-corrected chi connectivity index (χ4v) is 2.59. The number of rotatable bonds is 6. The third-order valence-corrected chi connectivity index (χ3v) is 3.89. The maximum absolute atomic E-state index is 6.43. The molecule has 1 unspecified atom stereocenters. The topological polar surface area (TPSA) is 21.3 Å². The quantitative estimate of drug-likeness (QED) is 0.804. The monoisotopic (exact) mass is 303 g/mol. The Morgan fingerprint density at radius 1 is 1.19 bits per heavy atom. The summed E-state index contributed by atoms with van der Waals surface area (Å²) in [5.74, 6) is 0.907. The van der Waals surface area contributed by atoms with Gasteiger partial charge in [-0.2, -0.15) is 0 Å². The molecule has 0 amide bonds. The first-order valence-corrected chi connectivity index (χ1v) is 7.74. The molecule has 2 aromatic rings. The number of halogens is 1. The second kappa shape index (κ2) is 7.48. The summed E-state index contributed by atoms with van der Waals surface area (Å²) >= 11 is 6.43. The summed E-state index contributed by atoms with van der Waals surface area (Å²) in [5, 5.41) is 3.99. The summed E-state index contributed by atoms with van der Waals surface area (Å²) in [7, 11) is 1.93. The van der Waals surface area contributed by atoms with E-state index < -0.39 is 0 Å². The number of nitrogens with one attached hydrogen (secondary N) is 1. The Labute approximate surface area is 132 Å². The maximum atomic E-state index is 6.43. The normalized spacial score (nSPS) is 12.2. The lowest BCUT2D eigenvalue weighted by molar-refractivity contribution is 0.318. The van der Waals surface area contributed by atoms with E-state index in [1.807, 2.05) is 31.3 Å². The minimum atomic E-state index is 0.234. The van der Waals surface area contributed by atoms with Crippen LogP contribution in [0.25, 0.3) is 11.1 Å². The van der Waals surface area contributed by atoms with Crippen molar-refractivity contribution in [1.29, 1.82) is 0 Å². The predicted octanol–water partition coefficient (Wildman–Crippen LogP) is 5.08. The molecular weight excluding hydrogens is 282 g/mol. The molecule has 21 heavy (non-hydrogen) atoms. The van der Waals surface area contributed by atoms with E-state index in [0.717, 1.165) is 40.5 Å². The van der Waals surface area contributed by atoms with Crippen LogP contribution in [-0.2, 0) is 0 Å². The molecule has 0 saturated heterocycles. The van der Waals surface area contributed by atoms with Gasteiger partial charge in [-0.15, -0.1) is 0 Å². The van der Waals surface area contributed by atoms with Crippen LogP contribution in [0.5, 0.6) is 5.75 Å². The zero-order valence-electron chi connectivity index (χ0n) is 12.8. The van der Waals surface area contributed by atoms with Crippen molar-refractivity contribution in [2.75, 3.05) is 13.7 Å². The van der Waals surface area contributed by atoms with Crippen LogP contribution in [0.2, 0.25) is 5.02 Å². The molecule has 2 rings (SSSR count). The first kappa shape index (κ1) is 15.9. The molecule has 3 heteroatoms. The van der Waals surface area contributed by atoms with Gasteiger partial charge >= 0.3 is 0 Å². The van der Waals surface area contributed by atoms with E-state index in [4.69, 9.17) is 16.3 Å². The van der Waals surface area contributed by atoms with Gasteiger partial charge in [-0.25, -0.2) is 0 Å². The molecule has 0 aliphatic rings. The van der Waals surface area contributed by atoms with E-state index in [0.29, 0.717) is 0 Å². The lowest BCUT2D eigenvalue weighted by atomic mass is 10.0. The van der Waals surface area contributed by atoms with Gasteiger partial charge in [0.25, 0.3) is 0 Å². The van der Waals surface area contributed by atoms with E-state index in [1.54, 1.807) is 0 Å². The molecule has 1 atom stereocenters. The van der Waals surface area contributed by atoms with E-state index in [1.165, 1.54) is 0 Å². The first-order chi connectivity index (χ1) is 10.2. The highest BCUT2D eigenvalue weighted by Gasteiger charge is 2.11. The molecule has 2 nitrogen and oxygen atoms in total. The Morgan fingerprint density at radius 2 is 1.95 bits per heavy atom. The zero-order chi connectivity index (χ0) is 15.2. The summed E-state index contributed by atoms with van der Waals surface area (Å²) in [6.45, 7) is 4.92. The Morgan fingerprint density at radius 3 is 2.62 bits per heavy atom. The Balaban J connectivity index is 2.36. The van der Waals surface area contributed by atoms with Crippen molar-refractivity contribution in [2.24, 2.45) is 0 Å². The minimum absolute atomic E-state index is 0.234. The Kier molecular flexibility index (Phi) is 5.66. The van der Waals surface area contributed by atoms with Gasteiger partial charge in [0, 0.05) is 16.6 Å². The van der Waals surface area contributed by atoms with Crippen molar-refractivity contribution in [3.8, 4) is 16.9 Å². The predicted molar refractivity (Wildman–Crippen MR) is 90.1 cm³/mol. The highest BCUT2D eigenvalue weighted by molar-refractivity contribution is 6.31. The molecule has 0 saturated carbocycles. The van der Waals surface area contributed by atoms with Crippen molar-refractivity contribution >= 4 is 11.6 Å². The standard InChI is InChI=1S/C18H22ClNO/c1-4-11-21-18-8-6-5-7-16(18)14-9-10-15(13(2)20-3)17(19)12-14/h5-10,12-13,20H,4,11H2,1-3H3. The van der Waals surface area contributed by atoms with Gasteiger partial charge in [-0.05, 0) is 43.7 Å². The van der Waals surface area contributed by atoms with Crippen LogP contribution in [-0.4, -0.2) is 13.7 Å². The third-order valence-electron chi connectivity index (χ3n) is 3.56. The summed E-state index contributed by atoms with van der Waals surface area (Å²) in [4.78, 5) is 0. The van der Waals surface area contributed by atoms with Crippen molar-refractivity contribution in [3.05, 3.63) is 53.1 Å². The molecule has 0 bridgehead atoms. The van der Waals surface area contributed by atoms with Gasteiger partial charge < -0.3 is 10.1 Å². The van der Waals surface area contributed by atoms with Crippen LogP contribution in [0.4, 0.5) is 0 Å². The van der Waals surface area contributed by atoms with Crippen LogP contribution in [0.3, 0.4) is 0 Å². The number of hydrogen-bond acceptors (Lipinski definition) is 2. The number of para-hydroxylation sites is 1. The smallest absolute Gasteiger partial charge is 0.127 e. The fourth-order valence-electron chi connectivity index (χ4n) is 2.24. The molecule has 112 valence electrons. The van der Waals surface area contributed by atoms with E-state index in [-0.39, 0.29) is 6.04 Å². The molecule has 0 radical (unpaired) electrons. The second-order valence-electron chi connectivity index (χ2n) is 5.09. The van der Waals surface area contributed by atoms with Gasteiger partial charge in [0.2, 0.25) is 0 Å². The van der Waals surface area contributed by atoms with Crippen LogP contribution >= 0.6 is 11.6 Å². The number of ether oxygens (including phenoxy) is 1. The van der Waals surface area contributed by atoms with Crippen molar-refractivity contribution in [2.45, 2.75) is 26.3 Å². The molecule has 0 aromatic heterocycles. The van der Waals surface area contributed by atoms with Crippen LogP contribution < -0.4 is 10.1 Å². The SMILES string of the molecule is CCCOc1ccccc1-c1ccc(C(C)NC)c(Cl)c1. The molecule has 0 aliphatic carbocycles. The summed E-state index contributed by atoms with van der Waals surface area (Å²) in [6, 6.07) is 14.5. The minimum Gasteiger partial charge on any atom is -0.493 e. The molecular formula is C18H22ClNO. The van der Waals surface area contributed by atoms with Crippen molar-refractivity contribution in [1.82, 2.24) is 5.32 Å². The summed E-state index contributed by atoms with van der Waals surface area (Å²) in [6.07, 6.45) is 0.994. The maximum Gasteiger partial charge on any atom is 0.127 e. The first-order valence-electron chi connectivity index (χ1n) is 7.36. The van der Waals surface area contributed by atoms with Gasteiger partial charge in [-0.1, -0.05) is 48.9 Å². The number of benzene rings is 2. The molecule has 0 fully saturated rings. The average Bonchev–Trinajstić information content (AvgIpc) is 2.52. The lowest BCUT2D eigenvalue weighted by Gasteiger charge is -2.15. The second-order valence-corrected chi connectivity index (χ2v) is 5.50. The van der Waals surface area contributed by atoms with E-state index in [2.05, 4.69) is 37.4 Å². The molecule has 2 aromatic carbocycles. The Bertz CT molecular complexity index is 598. The summed E-state index contributed by atoms with van der Waals surface area (Å²) < 4.78 is 5.82. The molecule has 0 spiro atoms.